The Labute approximate surface area is 98.2 Å². The van der Waals surface area contributed by atoms with Gasteiger partial charge in [0.1, 0.15) is 0 Å². The third kappa shape index (κ3) is 2.56. The van der Waals surface area contributed by atoms with Gasteiger partial charge in [-0.25, -0.2) is 0 Å². The van der Waals surface area contributed by atoms with Gasteiger partial charge in [-0.15, -0.1) is 0 Å². The molecule has 88 valence electrons. The molecule has 0 bridgehead atoms. The van der Waals surface area contributed by atoms with Gasteiger partial charge in [-0.2, -0.15) is 0 Å². The van der Waals surface area contributed by atoms with Crippen molar-refractivity contribution in [2.24, 2.45) is 0 Å². The molecule has 2 nitrogen and oxygen atoms in total. The molecule has 1 unspecified atom stereocenters. The molecule has 0 radical (unpaired) electrons. The third-order valence-electron chi connectivity index (χ3n) is 3.16. The van der Waals surface area contributed by atoms with Crippen molar-refractivity contribution < 1.29 is 0 Å². The summed E-state index contributed by atoms with van der Waals surface area (Å²) in [6.07, 6.45) is 3.41. The predicted molar refractivity (Wildman–Crippen MR) is 69.6 cm³/mol. The molecule has 1 aliphatic carbocycles. The highest BCUT2D eigenvalue weighted by molar-refractivity contribution is 5.52. The highest BCUT2D eigenvalue weighted by Gasteiger charge is 2.23. The van der Waals surface area contributed by atoms with Crippen molar-refractivity contribution in [2.45, 2.75) is 51.6 Å². The monoisotopic (exact) mass is 218 g/mol. The van der Waals surface area contributed by atoms with Crippen LogP contribution in [0.15, 0.2) is 18.2 Å². The molecule has 2 rings (SSSR count). The number of anilines is 1. The van der Waals surface area contributed by atoms with Gasteiger partial charge in [-0.05, 0) is 57.2 Å². The number of nitrogen functional groups attached to an aromatic ring is 1. The first-order valence-electron chi connectivity index (χ1n) is 6.09. The quantitative estimate of drug-likeness (QED) is 0.711. The zero-order valence-electron chi connectivity index (χ0n) is 10.5. The molecule has 0 fully saturated rings. The molecule has 1 aromatic rings. The summed E-state index contributed by atoms with van der Waals surface area (Å²) in [5.74, 6) is 0. The Balaban J connectivity index is 2.12. The van der Waals surface area contributed by atoms with E-state index in [9.17, 15) is 0 Å². The first kappa shape index (κ1) is 11.5. The van der Waals surface area contributed by atoms with Crippen LogP contribution in [0.25, 0.3) is 0 Å². The Hall–Kier alpha value is -1.02. The van der Waals surface area contributed by atoms with Crippen LogP contribution < -0.4 is 11.1 Å². The summed E-state index contributed by atoms with van der Waals surface area (Å²) < 4.78 is 0. The van der Waals surface area contributed by atoms with Crippen LogP contribution >= 0.6 is 0 Å². The van der Waals surface area contributed by atoms with E-state index in [0.29, 0.717) is 6.04 Å². The lowest BCUT2D eigenvalue weighted by Crippen LogP contribution is -2.46. The van der Waals surface area contributed by atoms with Crippen molar-refractivity contribution in [1.82, 2.24) is 5.32 Å². The van der Waals surface area contributed by atoms with Crippen molar-refractivity contribution >= 4 is 5.69 Å². The number of hydrogen-bond acceptors (Lipinski definition) is 2. The standard InChI is InChI=1S/C14H22N2/c1-14(2,3)16-11-7-8-12-10(9-11)5-4-6-13(12)15/h4-6,11,16H,7-9,15H2,1-3H3. The minimum Gasteiger partial charge on any atom is -0.398 e. The summed E-state index contributed by atoms with van der Waals surface area (Å²) >= 11 is 0. The minimum atomic E-state index is 0.197. The summed E-state index contributed by atoms with van der Waals surface area (Å²) in [5.41, 5.74) is 9.95. The first-order chi connectivity index (χ1) is 7.46. The van der Waals surface area contributed by atoms with Gasteiger partial charge < -0.3 is 11.1 Å². The van der Waals surface area contributed by atoms with E-state index in [2.05, 4.69) is 38.2 Å². The fourth-order valence-corrected chi connectivity index (χ4v) is 2.57. The average Bonchev–Trinajstić information content (AvgIpc) is 2.15. The summed E-state index contributed by atoms with van der Waals surface area (Å²) in [6.45, 7) is 6.67. The van der Waals surface area contributed by atoms with E-state index >= 15 is 0 Å². The van der Waals surface area contributed by atoms with Crippen LogP contribution in [0.3, 0.4) is 0 Å². The first-order valence-corrected chi connectivity index (χ1v) is 6.09. The molecule has 0 amide bonds. The SMILES string of the molecule is CC(C)(C)NC1CCc2c(N)cccc2C1. The topological polar surface area (TPSA) is 38.0 Å². The van der Waals surface area contributed by atoms with Crippen LogP contribution in [-0.4, -0.2) is 11.6 Å². The van der Waals surface area contributed by atoms with Gasteiger partial charge in [-0.3, -0.25) is 0 Å². The molecule has 0 heterocycles. The summed E-state index contributed by atoms with van der Waals surface area (Å²) in [7, 11) is 0. The van der Waals surface area contributed by atoms with Crippen molar-refractivity contribution in [3.8, 4) is 0 Å². The summed E-state index contributed by atoms with van der Waals surface area (Å²) in [5, 5.41) is 3.68. The number of nitrogens with two attached hydrogens (primary N) is 1. The molecule has 1 atom stereocenters. The van der Waals surface area contributed by atoms with Crippen LogP contribution in [0, 0.1) is 0 Å². The highest BCUT2D eigenvalue weighted by atomic mass is 15.0. The van der Waals surface area contributed by atoms with Crippen molar-refractivity contribution in [3.05, 3.63) is 29.3 Å². The van der Waals surface area contributed by atoms with E-state index in [1.165, 1.54) is 17.5 Å². The Kier molecular flexibility index (Phi) is 2.94. The third-order valence-corrected chi connectivity index (χ3v) is 3.16. The Morgan fingerprint density at radius 1 is 1.31 bits per heavy atom. The molecule has 0 spiro atoms. The maximum absolute atomic E-state index is 5.99. The maximum Gasteiger partial charge on any atom is 0.0349 e. The largest absolute Gasteiger partial charge is 0.398 e. The van der Waals surface area contributed by atoms with Crippen LogP contribution in [0.1, 0.15) is 38.3 Å². The van der Waals surface area contributed by atoms with Gasteiger partial charge >= 0.3 is 0 Å². The van der Waals surface area contributed by atoms with Gasteiger partial charge in [-0.1, -0.05) is 12.1 Å². The Morgan fingerprint density at radius 2 is 2.06 bits per heavy atom. The Bertz CT molecular complexity index is 377. The molecular formula is C14H22N2. The van der Waals surface area contributed by atoms with Gasteiger partial charge in [0.25, 0.3) is 0 Å². The summed E-state index contributed by atoms with van der Waals surface area (Å²) in [4.78, 5) is 0. The number of hydrogen-bond donors (Lipinski definition) is 2. The number of fused-ring (bicyclic) bond motifs is 1. The smallest absolute Gasteiger partial charge is 0.0349 e. The lowest BCUT2D eigenvalue weighted by molar-refractivity contribution is 0.335. The molecule has 2 heteroatoms. The van der Waals surface area contributed by atoms with Crippen LogP contribution in [0.4, 0.5) is 5.69 Å². The molecular weight excluding hydrogens is 196 g/mol. The number of benzene rings is 1. The maximum atomic E-state index is 5.99. The predicted octanol–water partition coefficient (Wildman–Crippen LogP) is 2.51. The second-order valence-corrected chi connectivity index (χ2v) is 5.82. The van der Waals surface area contributed by atoms with E-state index in [0.717, 1.165) is 18.5 Å². The lowest BCUT2D eigenvalue weighted by atomic mass is 9.86. The fraction of sp³-hybridized carbons (Fsp3) is 0.571. The fourth-order valence-electron chi connectivity index (χ4n) is 2.57. The van der Waals surface area contributed by atoms with Crippen molar-refractivity contribution in [3.63, 3.8) is 0 Å². The van der Waals surface area contributed by atoms with Crippen molar-refractivity contribution in [2.75, 3.05) is 5.73 Å². The van der Waals surface area contributed by atoms with E-state index in [4.69, 9.17) is 5.73 Å². The van der Waals surface area contributed by atoms with E-state index in [-0.39, 0.29) is 5.54 Å². The molecule has 16 heavy (non-hydrogen) atoms. The van der Waals surface area contributed by atoms with E-state index in [1.807, 2.05) is 6.07 Å². The van der Waals surface area contributed by atoms with Gasteiger partial charge in [0.15, 0.2) is 0 Å². The number of nitrogens with one attached hydrogen (secondary N) is 1. The second-order valence-electron chi connectivity index (χ2n) is 5.82. The molecule has 0 aromatic heterocycles. The van der Waals surface area contributed by atoms with E-state index < -0.39 is 0 Å². The Morgan fingerprint density at radius 3 is 2.75 bits per heavy atom. The van der Waals surface area contributed by atoms with Crippen LogP contribution in [0.2, 0.25) is 0 Å². The van der Waals surface area contributed by atoms with Gasteiger partial charge in [0.2, 0.25) is 0 Å². The molecule has 0 saturated heterocycles. The lowest BCUT2D eigenvalue weighted by Gasteiger charge is -2.32. The average molecular weight is 218 g/mol. The molecule has 0 saturated carbocycles. The zero-order chi connectivity index (χ0) is 11.8. The molecule has 1 aliphatic rings. The second kappa shape index (κ2) is 4.10. The normalized spacial score (nSPS) is 20.6. The molecule has 0 aliphatic heterocycles. The number of rotatable bonds is 1. The van der Waals surface area contributed by atoms with Gasteiger partial charge in [0, 0.05) is 17.3 Å². The van der Waals surface area contributed by atoms with Gasteiger partial charge in [0.05, 0.1) is 0 Å². The van der Waals surface area contributed by atoms with Crippen molar-refractivity contribution in [1.29, 1.82) is 0 Å². The molecule has 3 N–H and O–H groups in total. The molecule has 1 aromatic carbocycles. The highest BCUT2D eigenvalue weighted by Crippen LogP contribution is 2.26. The van der Waals surface area contributed by atoms with Crippen LogP contribution in [-0.2, 0) is 12.8 Å². The van der Waals surface area contributed by atoms with E-state index in [1.54, 1.807) is 0 Å². The van der Waals surface area contributed by atoms with Crippen LogP contribution in [0.5, 0.6) is 0 Å². The zero-order valence-corrected chi connectivity index (χ0v) is 10.5. The minimum absolute atomic E-state index is 0.197. The summed E-state index contributed by atoms with van der Waals surface area (Å²) in [6, 6.07) is 6.88.